The van der Waals surface area contributed by atoms with Crippen molar-refractivity contribution in [3.63, 3.8) is 0 Å². The third-order valence-electron chi connectivity index (χ3n) is 3.74. The second-order valence-corrected chi connectivity index (χ2v) is 6.15. The van der Waals surface area contributed by atoms with Gasteiger partial charge in [-0.15, -0.1) is 11.3 Å². The highest BCUT2D eigenvalue weighted by molar-refractivity contribution is 7.20. The van der Waals surface area contributed by atoms with Crippen molar-refractivity contribution >= 4 is 33.2 Å². The molecular weight excluding hydrogens is 276 g/mol. The first-order chi connectivity index (χ1) is 9.67. The van der Waals surface area contributed by atoms with E-state index in [0.717, 1.165) is 35.3 Å². The molecule has 0 bridgehead atoms. The number of carboxylic acids is 1. The number of nitrogens with one attached hydrogen (secondary N) is 1. The predicted molar refractivity (Wildman–Crippen MR) is 78.6 cm³/mol. The van der Waals surface area contributed by atoms with Crippen molar-refractivity contribution in [3.8, 4) is 0 Å². The molecule has 0 atom stereocenters. The number of thiophene rings is 1. The van der Waals surface area contributed by atoms with Gasteiger partial charge in [-0.3, -0.25) is 0 Å². The Kier molecular flexibility index (Phi) is 3.58. The lowest BCUT2D eigenvalue weighted by Crippen LogP contribution is -2.34. The molecule has 5 nitrogen and oxygen atoms in total. The van der Waals surface area contributed by atoms with Gasteiger partial charge >= 0.3 is 5.97 Å². The number of carboxylic acid groups (broad SMARTS) is 1. The molecule has 0 radical (unpaired) electrons. The van der Waals surface area contributed by atoms with Crippen molar-refractivity contribution < 1.29 is 14.6 Å². The largest absolute Gasteiger partial charge is 0.477 e. The summed E-state index contributed by atoms with van der Waals surface area (Å²) < 4.78 is 6.21. The third-order valence-corrected chi connectivity index (χ3v) is 4.83. The maximum atomic E-state index is 11.0. The Morgan fingerprint density at radius 2 is 2.40 bits per heavy atom. The zero-order valence-corrected chi connectivity index (χ0v) is 11.9. The van der Waals surface area contributed by atoms with Crippen LogP contribution in [0, 0.1) is 5.92 Å². The Balaban J connectivity index is 1.73. The van der Waals surface area contributed by atoms with Crippen LogP contribution in [0.2, 0.25) is 0 Å². The summed E-state index contributed by atoms with van der Waals surface area (Å²) in [6.07, 6.45) is 4.25. The van der Waals surface area contributed by atoms with Crippen molar-refractivity contribution in [2.45, 2.75) is 18.9 Å². The van der Waals surface area contributed by atoms with Crippen molar-refractivity contribution in [2.75, 3.05) is 19.0 Å². The molecule has 1 aliphatic carbocycles. The first-order valence-electron chi connectivity index (χ1n) is 6.56. The minimum atomic E-state index is -0.890. The maximum Gasteiger partial charge on any atom is 0.345 e. The number of hydrogen-bond donors (Lipinski definition) is 2. The van der Waals surface area contributed by atoms with E-state index in [1.165, 1.54) is 11.3 Å². The van der Waals surface area contributed by atoms with Crippen LogP contribution in [0.25, 0.3) is 10.1 Å². The van der Waals surface area contributed by atoms with Crippen LogP contribution in [0.4, 0.5) is 5.82 Å². The molecule has 2 aromatic rings. The van der Waals surface area contributed by atoms with Gasteiger partial charge in [-0.2, -0.15) is 0 Å². The summed E-state index contributed by atoms with van der Waals surface area (Å²) in [6, 6.07) is 3.54. The van der Waals surface area contributed by atoms with E-state index in [2.05, 4.69) is 10.3 Å². The quantitative estimate of drug-likeness (QED) is 0.886. The van der Waals surface area contributed by atoms with E-state index in [1.54, 1.807) is 19.4 Å². The number of pyridine rings is 1. The molecule has 6 heteroatoms. The van der Waals surface area contributed by atoms with Crippen LogP contribution in [0.5, 0.6) is 0 Å². The lowest BCUT2D eigenvalue weighted by molar-refractivity contribution is 0.00562. The molecule has 106 valence electrons. The van der Waals surface area contributed by atoms with Gasteiger partial charge in [0, 0.05) is 29.9 Å². The minimum absolute atomic E-state index is 0.346. The number of anilines is 1. The van der Waals surface area contributed by atoms with Gasteiger partial charge in [0.25, 0.3) is 0 Å². The Hall–Kier alpha value is -1.66. The SMILES string of the molecule is COC1CC(CNc2nccc3sc(C(=O)O)cc23)C1. The average Bonchev–Trinajstić information content (AvgIpc) is 2.82. The first-order valence-corrected chi connectivity index (χ1v) is 7.37. The van der Waals surface area contributed by atoms with Crippen molar-refractivity contribution in [3.05, 3.63) is 23.2 Å². The van der Waals surface area contributed by atoms with Gasteiger partial charge in [0.05, 0.1) is 6.10 Å². The van der Waals surface area contributed by atoms with Crippen LogP contribution in [-0.2, 0) is 4.74 Å². The summed E-state index contributed by atoms with van der Waals surface area (Å²) in [5.74, 6) is 0.487. The molecule has 3 rings (SSSR count). The van der Waals surface area contributed by atoms with Crippen LogP contribution in [-0.4, -0.2) is 35.8 Å². The molecular formula is C14H16N2O3S. The summed E-state index contributed by atoms with van der Waals surface area (Å²) in [4.78, 5) is 15.7. The summed E-state index contributed by atoms with van der Waals surface area (Å²) >= 11 is 1.28. The number of nitrogens with zero attached hydrogens (tertiary/aromatic N) is 1. The first kappa shape index (κ1) is 13.3. The standard InChI is InChI=1S/C14H16N2O3S/c1-19-9-4-8(5-9)7-16-13-10-6-12(14(17)18)20-11(10)2-3-15-13/h2-3,6,8-9H,4-5,7H2,1H3,(H,15,16)(H,17,18). The molecule has 2 heterocycles. The molecule has 0 aliphatic heterocycles. The average molecular weight is 292 g/mol. The fourth-order valence-electron chi connectivity index (χ4n) is 2.48. The number of ether oxygens (including phenoxy) is 1. The summed E-state index contributed by atoms with van der Waals surface area (Å²) in [7, 11) is 1.75. The lowest BCUT2D eigenvalue weighted by atomic mass is 9.82. The van der Waals surface area contributed by atoms with Crippen LogP contribution in [0.3, 0.4) is 0 Å². The summed E-state index contributed by atoms with van der Waals surface area (Å²) in [5, 5.41) is 13.3. The van der Waals surface area contributed by atoms with Gasteiger partial charge < -0.3 is 15.2 Å². The number of fused-ring (bicyclic) bond motifs is 1. The monoisotopic (exact) mass is 292 g/mol. The number of methoxy groups -OCH3 is 1. The maximum absolute atomic E-state index is 11.0. The van der Waals surface area contributed by atoms with E-state index in [-0.39, 0.29) is 0 Å². The zero-order valence-electron chi connectivity index (χ0n) is 11.1. The van der Waals surface area contributed by atoms with Crippen LogP contribution in [0.15, 0.2) is 18.3 Å². The van der Waals surface area contributed by atoms with Crippen LogP contribution in [0.1, 0.15) is 22.5 Å². The topological polar surface area (TPSA) is 71.5 Å². The molecule has 2 aromatic heterocycles. The number of hydrogen-bond acceptors (Lipinski definition) is 5. The highest BCUT2D eigenvalue weighted by atomic mass is 32.1. The van der Waals surface area contributed by atoms with Gasteiger partial charge in [-0.05, 0) is 30.9 Å². The molecule has 20 heavy (non-hydrogen) atoms. The highest BCUT2D eigenvalue weighted by Crippen LogP contribution is 2.32. The molecule has 1 saturated carbocycles. The van der Waals surface area contributed by atoms with E-state index < -0.39 is 5.97 Å². The number of carbonyl (C=O) groups is 1. The van der Waals surface area contributed by atoms with Gasteiger partial charge in [0.2, 0.25) is 0 Å². The lowest BCUT2D eigenvalue weighted by Gasteiger charge is -2.34. The normalized spacial score (nSPS) is 21.6. The molecule has 0 aromatic carbocycles. The van der Waals surface area contributed by atoms with E-state index in [1.807, 2.05) is 6.07 Å². The van der Waals surface area contributed by atoms with Gasteiger partial charge in [0.15, 0.2) is 0 Å². The number of aromatic carboxylic acids is 1. The van der Waals surface area contributed by atoms with Gasteiger partial charge in [-0.25, -0.2) is 9.78 Å². The van der Waals surface area contributed by atoms with E-state index >= 15 is 0 Å². The minimum Gasteiger partial charge on any atom is -0.477 e. The summed E-state index contributed by atoms with van der Waals surface area (Å²) in [6.45, 7) is 0.851. The van der Waals surface area contributed by atoms with E-state index in [4.69, 9.17) is 9.84 Å². The Labute approximate surface area is 120 Å². The van der Waals surface area contributed by atoms with Crippen molar-refractivity contribution in [2.24, 2.45) is 5.92 Å². The van der Waals surface area contributed by atoms with Crippen LogP contribution >= 0.6 is 11.3 Å². The summed E-state index contributed by atoms with van der Waals surface area (Å²) in [5.41, 5.74) is 0. The Morgan fingerprint density at radius 1 is 1.60 bits per heavy atom. The van der Waals surface area contributed by atoms with E-state index in [0.29, 0.717) is 16.9 Å². The molecule has 0 unspecified atom stereocenters. The molecule has 0 amide bonds. The molecule has 0 spiro atoms. The molecule has 2 N–H and O–H groups in total. The molecule has 1 fully saturated rings. The highest BCUT2D eigenvalue weighted by Gasteiger charge is 2.28. The number of rotatable bonds is 5. The van der Waals surface area contributed by atoms with Crippen molar-refractivity contribution in [1.29, 1.82) is 0 Å². The fraction of sp³-hybridized carbons (Fsp3) is 0.429. The van der Waals surface area contributed by atoms with Crippen LogP contribution < -0.4 is 5.32 Å². The smallest absolute Gasteiger partial charge is 0.345 e. The fourth-order valence-corrected chi connectivity index (χ4v) is 3.38. The Bertz CT molecular complexity index is 634. The van der Waals surface area contributed by atoms with Gasteiger partial charge in [-0.1, -0.05) is 0 Å². The second-order valence-electron chi connectivity index (χ2n) is 5.06. The third kappa shape index (κ3) is 2.48. The van der Waals surface area contributed by atoms with Gasteiger partial charge in [0.1, 0.15) is 10.7 Å². The van der Waals surface area contributed by atoms with E-state index in [9.17, 15) is 4.79 Å². The molecule has 0 saturated heterocycles. The Morgan fingerprint density at radius 3 is 3.10 bits per heavy atom. The molecule has 1 aliphatic rings. The zero-order chi connectivity index (χ0) is 14.1. The number of aromatic nitrogens is 1. The second kappa shape index (κ2) is 5.38. The predicted octanol–water partition coefficient (Wildman–Crippen LogP) is 2.83. The van der Waals surface area contributed by atoms with Crippen molar-refractivity contribution in [1.82, 2.24) is 4.98 Å².